The summed E-state index contributed by atoms with van der Waals surface area (Å²) in [5.41, 5.74) is 3.12. The van der Waals surface area contributed by atoms with Gasteiger partial charge < -0.3 is 10.0 Å². The predicted molar refractivity (Wildman–Crippen MR) is 119 cm³/mol. The Kier molecular flexibility index (Phi) is 5.88. The fourth-order valence-electron chi connectivity index (χ4n) is 3.61. The summed E-state index contributed by atoms with van der Waals surface area (Å²) in [5.74, 6) is -1.69. The molecule has 8 heteroatoms. The van der Waals surface area contributed by atoms with E-state index >= 15 is 0 Å². The van der Waals surface area contributed by atoms with Crippen LogP contribution in [0.1, 0.15) is 24.8 Å². The number of azo groups is 1. The lowest BCUT2D eigenvalue weighted by atomic mass is 10.1. The first-order valence-corrected chi connectivity index (χ1v) is 10.2. The smallest absolute Gasteiger partial charge is 0.357 e. The van der Waals surface area contributed by atoms with Crippen LogP contribution in [0.25, 0.3) is 6.08 Å². The summed E-state index contributed by atoms with van der Waals surface area (Å²) in [6, 6.07) is 15.1. The first-order chi connectivity index (χ1) is 15.0. The second-order valence-corrected chi connectivity index (χ2v) is 7.50. The lowest BCUT2D eigenvalue weighted by Crippen LogP contribution is -2.29. The molecule has 2 aromatic rings. The molecule has 1 saturated heterocycles. The van der Waals surface area contributed by atoms with Gasteiger partial charge in [0.25, 0.3) is 5.91 Å². The molecular formula is C23H23N5O3. The lowest BCUT2D eigenvalue weighted by Gasteiger charge is -2.28. The number of nitrogens with zero attached hydrogens (tertiary/aromatic N) is 5. The summed E-state index contributed by atoms with van der Waals surface area (Å²) >= 11 is 0. The summed E-state index contributed by atoms with van der Waals surface area (Å²) in [6.45, 7) is 2.20. The highest BCUT2D eigenvalue weighted by atomic mass is 16.4. The minimum absolute atomic E-state index is 0.0539. The Labute approximate surface area is 180 Å². The fraction of sp³-hybridized carbons (Fsp3) is 0.261. The highest BCUT2D eigenvalue weighted by Crippen LogP contribution is 2.25. The van der Waals surface area contributed by atoms with Crippen LogP contribution in [-0.2, 0) is 9.59 Å². The third kappa shape index (κ3) is 4.69. The van der Waals surface area contributed by atoms with Gasteiger partial charge in [-0.2, -0.15) is 15.3 Å². The van der Waals surface area contributed by atoms with Crippen LogP contribution in [0.15, 0.2) is 69.4 Å². The monoisotopic (exact) mass is 417 g/mol. The molecule has 0 spiro atoms. The summed E-state index contributed by atoms with van der Waals surface area (Å²) in [5, 5.41) is 22.6. The third-order valence-electron chi connectivity index (χ3n) is 5.29. The molecule has 0 unspecified atom stereocenters. The van der Waals surface area contributed by atoms with Crippen molar-refractivity contribution in [1.82, 2.24) is 5.01 Å². The Morgan fingerprint density at radius 1 is 0.968 bits per heavy atom. The minimum Gasteiger partial charge on any atom is -0.476 e. The van der Waals surface area contributed by atoms with Gasteiger partial charge in [0.15, 0.2) is 5.71 Å². The number of benzene rings is 2. The zero-order chi connectivity index (χ0) is 21.8. The molecule has 0 radical (unpaired) electrons. The molecule has 0 aliphatic carbocycles. The standard InChI is InChI=1S/C23H23N5O3/c1-27-22(29)20(21(26-27)23(30)31)15-16-5-7-17(8-6-16)24-25-18-9-11-19(12-10-18)28-13-3-2-4-14-28/h5-12,15H,2-4,13-14H2,1H3,(H,30,31). The summed E-state index contributed by atoms with van der Waals surface area (Å²) < 4.78 is 0. The molecule has 2 aromatic carbocycles. The quantitative estimate of drug-likeness (QED) is 0.576. The summed E-state index contributed by atoms with van der Waals surface area (Å²) in [6.07, 6.45) is 5.30. The van der Waals surface area contributed by atoms with E-state index in [1.807, 2.05) is 12.1 Å². The molecule has 0 saturated carbocycles. The van der Waals surface area contributed by atoms with Gasteiger partial charge in [0.2, 0.25) is 0 Å². The fourth-order valence-corrected chi connectivity index (χ4v) is 3.61. The topological polar surface area (TPSA) is 97.9 Å². The third-order valence-corrected chi connectivity index (χ3v) is 5.29. The number of hydrogen-bond acceptors (Lipinski definition) is 6. The number of rotatable bonds is 5. The Balaban J connectivity index is 1.44. The van der Waals surface area contributed by atoms with Gasteiger partial charge in [0.1, 0.15) is 0 Å². The molecule has 0 aromatic heterocycles. The van der Waals surface area contributed by atoms with Crippen molar-refractivity contribution in [2.45, 2.75) is 19.3 Å². The van der Waals surface area contributed by atoms with E-state index in [9.17, 15) is 14.7 Å². The number of carboxylic acids is 1. The van der Waals surface area contributed by atoms with Crippen molar-refractivity contribution in [2.24, 2.45) is 15.3 Å². The number of aliphatic carboxylic acids is 1. The maximum Gasteiger partial charge on any atom is 0.357 e. The molecule has 2 heterocycles. The molecule has 8 nitrogen and oxygen atoms in total. The molecule has 158 valence electrons. The summed E-state index contributed by atoms with van der Waals surface area (Å²) in [4.78, 5) is 25.8. The van der Waals surface area contributed by atoms with Crippen LogP contribution in [0.3, 0.4) is 0 Å². The van der Waals surface area contributed by atoms with Crippen LogP contribution >= 0.6 is 0 Å². The number of hydrogen-bond donors (Lipinski definition) is 1. The number of carbonyl (C=O) groups is 2. The second-order valence-electron chi connectivity index (χ2n) is 7.50. The van der Waals surface area contributed by atoms with Gasteiger partial charge in [-0.05, 0) is 67.3 Å². The van der Waals surface area contributed by atoms with Crippen molar-refractivity contribution >= 4 is 40.7 Å². The Hall–Kier alpha value is -3.81. The number of amides is 1. The maximum atomic E-state index is 12.1. The van der Waals surface area contributed by atoms with Crippen LogP contribution < -0.4 is 4.90 Å². The normalized spacial score (nSPS) is 18.2. The number of hydrazone groups is 1. The van der Waals surface area contributed by atoms with Gasteiger partial charge in [0.05, 0.1) is 16.9 Å². The zero-order valence-electron chi connectivity index (χ0n) is 17.2. The number of carboxylic acid groups (broad SMARTS) is 1. The Bertz CT molecular complexity index is 1070. The minimum atomic E-state index is -1.24. The van der Waals surface area contributed by atoms with Gasteiger partial charge >= 0.3 is 5.97 Å². The number of carbonyl (C=O) groups excluding carboxylic acids is 1. The van der Waals surface area contributed by atoms with Crippen molar-refractivity contribution in [2.75, 3.05) is 25.0 Å². The van der Waals surface area contributed by atoms with E-state index in [2.05, 4.69) is 32.4 Å². The summed E-state index contributed by atoms with van der Waals surface area (Å²) in [7, 11) is 1.43. The number of anilines is 1. The Morgan fingerprint density at radius 3 is 2.13 bits per heavy atom. The maximum absolute atomic E-state index is 12.1. The van der Waals surface area contributed by atoms with E-state index in [0.29, 0.717) is 11.3 Å². The van der Waals surface area contributed by atoms with Gasteiger partial charge in [-0.25, -0.2) is 9.80 Å². The predicted octanol–water partition coefficient (Wildman–Crippen LogP) is 4.39. The van der Waals surface area contributed by atoms with Crippen molar-refractivity contribution in [3.05, 3.63) is 59.7 Å². The second kappa shape index (κ2) is 8.91. The average Bonchev–Trinajstić information content (AvgIpc) is 3.08. The number of likely N-dealkylation sites (N-methyl/N-ethyl adjacent to an activating group) is 1. The molecule has 31 heavy (non-hydrogen) atoms. The van der Waals surface area contributed by atoms with Crippen molar-refractivity contribution < 1.29 is 14.7 Å². The molecule has 1 N–H and O–H groups in total. The van der Waals surface area contributed by atoms with Gasteiger partial charge in [-0.3, -0.25) is 4.79 Å². The molecule has 4 rings (SSSR count). The van der Waals surface area contributed by atoms with E-state index < -0.39 is 11.9 Å². The highest BCUT2D eigenvalue weighted by Gasteiger charge is 2.31. The van der Waals surface area contributed by atoms with E-state index in [1.54, 1.807) is 24.3 Å². The van der Waals surface area contributed by atoms with Crippen LogP contribution in [0.5, 0.6) is 0 Å². The van der Waals surface area contributed by atoms with Gasteiger partial charge in [0, 0.05) is 25.8 Å². The molecule has 0 atom stereocenters. The van der Waals surface area contributed by atoms with Crippen molar-refractivity contribution in [3.63, 3.8) is 0 Å². The van der Waals surface area contributed by atoms with Crippen LogP contribution in [0, 0.1) is 0 Å². The SMILES string of the molecule is CN1N=C(C(=O)O)C(=Cc2ccc(N=Nc3ccc(N4CCCCC4)cc3)cc2)C1=O. The van der Waals surface area contributed by atoms with Crippen molar-refractivity contribution in [1.29, 1.82) is 0 Å². The van der Waals surface area contributed by atoms with Gasteiger partial charge in [-0.1, -0.05) is 12.1 Å². The van der Waals surface area contributed by atoms with E-state index in [1.165, 1.54) is 38.1 Å². The largest absolute Gasteiger partial charge is 0.476 e. The zero-order valence-corrected chi connectivity index (χ0v) is 17.2. The Morgan fingerprint density at radius 2 is 1.55 bits per heavy atom. The molecule has 0 bridgehead atoms. The molecule has 2 aliphatic heterocycles. The molecule has 2 aliphatic rings. The lowest BCUT2D eigenvalue weighted by molar-refractivity contribution is -0.129. The van der Waals surface area contributed by atoms with Crippen LogP contribution in [-0.4, -0.2) is 47.8 Å². The van der Waals surface area contributed by atoms with Crippen molar-refractivity contribution in [3.8, 4) is 0 Å². The molecule has 1 fully saturated rings. The highest BCUT2D eigenvalue weighted by molar-refractivity contribution is 6.51. The van der Waals surface area contributed by atoms with E-state index in [-0.39, 0.29) is 11.3 Å². The molecule has 1 amide bonds. The van der Waals surface area contributed by atoms with Crippen LogP contribution in [0.4, 0.5) is 17.1 Å². The first-order valence-electron chi connectivity index (χ1n) is 10.2. The first kappa shape index (κ1) is 20.5. The van der Waals surface area contributed by atoms with Crippen LogP contribution in [0.2, 0.25) is 0 Å². The number of piperidine rings is 1. The van der Waals surface area contributed by atoms with E-state index in [4.69, 9.17) is 0 Å². The molecular weight excluding hydrogens is 394 g/mol. The van der Waals surface area contributed by atoms with Gasteiger partial charge in [-0.15, -0.1) is 0 Å². The van der Waals surface area contributed by atoms with E-state index in [0.717, 1.165) is 23.8 Å². The average molecular weight is 417 g/mol.